The molecule has 0 saturated carbocycles. The second-order valence-corrected chi connectivity index (χ2v) is 5.77. The van der Waals surface area contributed by atoms with E-state index < -0.39 is 6.09 Å². The smallest absolute Gasteiger partial charge is 0.408 e. The minimum absolute atomic E-state index is 0.355. The first kappa shape index (κ1) is 17.0. The van der Waals surface area contributed by atoms with Gasteiger partial charge in [0.25, 0.3) is 0 Å². The lowest BCUT2D eigenvalue weighted by molar-refractivity contribution is 0.211. The molecule has 0 fully saturated rings. The lowest BCUT2D eigenvalue weighted by atomic mass is 10.3. The van der Waals surface area contributed by atoms with Crippen molar-refractivity contribution in [2.24, 2.45) is 5.73 Å². The Hall–Kier alpha value is -2.80. The van der Waals surface area contributed by atoms with Crippen LogP contribution < -0.4 is 10.5 Å². The number of imidazole rings is 1. The Balaban J connectivity index is 1.90. The van der Waals surface area contributed by atoms with Crippen molar-refractivity contribution in [3.05, 3.63) is 36.5 Å². The van der Waals surface area contributed by atoms with E-state index in [0.717, 1.165) is 43.2 Å². The predicted molar refractivity (Wildman–Crippen MR) is 97.5 cm³/mol. The van der Waals surface area contributed by atoms with Gasteiger partial charge in [0.1, 0.15) is 5.52 Å². The number of aromatic nitrogens is 3. The molecule has 3 N–H and O–H groups in total. The molecule has 2 heterocycles. The van der Waals surface area contributed by atoms with Crippen LogP contribution in [0.1, 0.15) is 13.8 Å². The van der Waals surface area contributed by atoms with Crippen molar-refractivity contribution in [2.75, 3.05) is 19.6 Å². The summed E-state index contributed by atoms with van der Waals surface area (Å²) in [5.74, 6) is 1.09. The van der Waals surface area contributed by atoms with E-state index in [4.69, 9.17) is 10.5 Å². The van der Waals surface area contributed by atoms with Gasteiger partial charge in [0.05, 0.1) is 11.2 Å². The van der Waals surface area contributed by atoms with Crippen LogP contribution in [0.2, 0.25) is 0 Å². The van der Waals surface area contributed by atoms with E-state index in [9.17, 15) is 4.79 Å². The number of carbonyl (C=O) groups excluding carboxylic acids is 1. The highest BCUT2D eigenvalue weighted by Crippen LogP contribution is 2.27. The molecule has 132 valence electrons. The Labute approximate surface area is 146 Å². The number of hydrogen-bond acceptors (Lipinski definition) is 4. The maximum atomic E-state index is 11.1. The number of primary amides is 1. The molecule has 3 rings (SSSR count). The first-order chi connectivity index (χ1) is 12.1. The number of carbonyl (C=O) groups is 1. The van der Waals surface area contributed by atoms with Gasteiger partial charge in [-0.2, -0.15) is 0 Å². The zero-order chi connectivity index (χ0) is 17.8. The molecule has 0 aliphatic heterocycles. The van der Waals surface area contributed by atoms with Crippen LogP contribution in [0.25, 0.3) is 22.6 Å². The van der Waals surface area contributed by atoms with Gasteiger partial charge in [-0.1, -0.05) is 19.9 Å². The van der Waals surface area contributed by atoms with Gasteiger partial charge in [0.15, 0.2) is 11.6 Å². The Morgan fingerprint density at radius 3 is 2.80 bits per heavy atom. The van der Waals surface area contributed by atoms with Crippen LogP contribution in [0.5, 0.6) is 5.75 Å². The number of para-hydroxylation sites is 1. The Morgan fingerprint density at radius 1 is 1.28 bits per heavy atom. The third kappa shape index (κ3) is 3.66. The maximum Gasteiger partial charge on any atom is 0.410 e. The largest absolute Gasteiger partial charge is 0.410 e. The molecule has 0 atom stereocenters. The SMILES string of the molecule is CCN(CC)CCn1cccc1-c1nc2c(OC(N)=O)cccc2[nH]1. The minimum atomic E-state index is -0.848. The number of fused-ring (bicyclic) bond motifs is 1. The van der Waals surface area contributed by atoms with Gasteiger partial charge in [-0.3, -0.25) is 0 Å². The molecule has 0 unspecified atom stereocenters. The first-order valence-electron chi connectivity index (χ1n) is 8.46. The Bertz CT molecular complexity index is 863. The van der Waals surface area contributed by atoms with E-state index in [2.05, 4.69) is 33.3 Å². The molecule has 2 aromatic heterocycles. The standard InChI is InChI=1S/C18H23N5O2/c1-3-22(4-2)11-12-23-10-6-8-14(23)17-20-13-7-5-9-15(16(13)21-17)25-18(19)24/h5-10H,3-4,11-12H2,1-2H3,(H2,19,24)(H,20,21). The summed E-state index contributed by atoms with van der Waals surface area (Å²) in [7, 11) is 0. The number of nitrogens with two attached hydrogens (primary N) is 1. The molecular formula is C18H23N5O2. The predicted octanol–water partition coefficient (Wildman–Crippen LogP) is 2.83. The molecule has 25 heavy (non-hydrogen) atoms. The van der Waals surface area contributed by atoms with Crippen LogP contribution in [0.3, 0.4) is 0 Å². The highest BCUT2D eigenvalue weighted by atomic mass is 16.5. The number of nitrogens with one attached hydrogen (secondary N) is 1. The molecule has 7 nitrogen and oxygen atoms in total. The molecular weight excluding hydrogens is 318 g/mol. The summed E-state index contributed by atoms with van der Waals surface area (Å²) < 4.78 is 7.21. The second-order valence-electron chi connectivity index (χ2n) is 5.77. The van der Waals surface area contributed by atoms with Gasteiger partial charge < -0.3 is 24.9 Å². The van der Waals surface area contributed by atoms with Crippen molar-refractivity contribution in [1.29, 1.82) is 0 Å². The summed E-state index contributed by atoms with van der Waals surface area (Å²) in [6.45, 7) is 8.26. The molecule has 0 aliphatic rings. The van der Waals surface area contributed by atoms with Crippen LogP contribution in [0, 0.1) is 0 Å². The van der Waals surface area contributed by atoms with Gasteiger partial charge >= 0.3 is 6.09 Å². The zero-order valence-corrected chi connectivity index (χ0v) is 14.5. The number of H-pyrrole nitrogens is 1. The number of rotatable bonds is 7. The number of aromatic amines is 1. The van der Waals surface area contributed by atoms with Gasteiger partial charge in [-0.05, 0) is 37.4 Å². The van der Waals surface area contributed by atoms with E-state index >= 15 is 0 Å². The van der Waals surface area contributed by atoms with Gasteiger partial charge in [0.2, 0.25) is 0 Å². The summed E-state index contributed by atoms with van der Waals surface area (Å²) in [6, 6.07) is 9.39. The summed E-state index contributed by atoms with van der Waals surface area (Å²) in [5, 5.41) is 0. The van der Waals surface area contributed by atoms with E-state index in [1.54, 1.807) is 12.1 Å². The first-order valence-corrected chi connectivity index (χ1v) is 8.46. The highest BCUT2D eigenvalue weighted by molar-refractivity contribution is 5.86. The van der Waals surface area contributed by atoms with Crippen molar-refractivity contribution >= 4 is 17.1 Å². The fraction of sp³-hybridized carbons (Fsp3) is 0.333. The topological polar surface area (TPSA) is 89.2 Å². The molecule has 1 aromatic carbocycles. The molecule has 0 spiro atoms. The van der Waals surface area contributed by atoms with E-state index in [1.807, 2.05) is 24.4 Å². The van der Waals surface area contributed by atoms with Crippen molar-refractivity contribution in [3.63, 3.8) is 0 Å². The van der Waals surface area contributed by atoms with Crippen LogP contribution in [-0.2, 0) is 6.54 Å². The maximum absolute atomic E-state index is 11.1. The van der Waals surface area contributed by atoms with Crippen LogP contribution in [-0.4, -0.2) is 45.2 Å². The van der Waals surface area contributed by atoms with Crippen molar-refractivity contribution in [3.8, 4) is 17.3 Å². The minimum Gasteiger partial charge on any atom is -0.408 e. The second kappa shape index (κ2) is 7.40. The van der Waals surface area contributed by atoms with Crippen molar-refractivity contribution in [1.82, 2.24) is 19.4 Å². The van der Waals surface area contributed by atoms with Gasteiger partial charge in [-0.25, -0.2) is 9.78 Å². The lowest BCUT2D eigenvalue weighted by Crippen LogP contribution is -2.27. The molecule has 7 heteroatoms. The molecule has 3 aromatic rings. The van der Waals surface area contributed by atoms with Crippen LogP contribution >= 0.6 is 0 Å². The van der Waals surface area contributed by atoms with E-state index in [0.29, 0.717) is 11.3 Å². The van der Waals surface area contributed by atoms with Gasteiger partial charge in [0, 0.05) is 19.3 Å². The number of amides is 1. The van der Waals surface area contributed by atoms with Crippen LogP contribution in [0.15, 0.2) is 36.5 Å². The van der Waals surface area contributed by atoms with Gasteiger partial charge in [-0.15, -0.1) is 0 Å². The average Bonchev–Trinajstić information content (AvgIpc) is 3.21. The monoisotopic (exact) mass is 341 g/mol. The third-order valence-corrected chi connectivity index (χ3v) is 4.31. The lowest BCUT2D eigenvalue weighted by Gasteiger charge is -2.18. The van der Waals surface area contributed by atoms with Crippen LogP contribution in [0.4, 0.5) is 4.79 Å². The average molecular weight is 341 g/mol. The van der Waals surface area contributed by atoms with E-state index in [-0.39, 0.29) is 0 Å². The zero-order valence-electron chi connectivity index (χ0n) is 14.5. The highest BCUT2D eigenvalue weighted by Gasteiger charge is 2.14. The summed E-state index contributed by atoms with van der Waals surface area (Å²) in [4.78, 5) is 21.3. The van der Waals surface area contributed by atoms with Crippen molar-refractivity contribution in [2.45, 2.75) is 20.4 Å². The number of nitrogens with zero attached hydrogens (tertiary/aromatic N) is 3. The van der Waals surface area contributed by atoms with Crippen molar-refractivity contribution < 1.29 is 9.53 Å². The molecule has 1 amide bonds. The summed E-state index contributed by atoms with van der Waals surface area (Å²) in [5.41, 5.74) is 7.51. The molecule has 0 saturated heterocycles. The summed E-state index contributed by atoms with van der Waals surface area (Å²) >= 11 is 0. The quantitative estimate of drug-likeness (QED) is 0.691. The molecule has 0 aliphatic carbocycles. The molecule has 0 radical (unpaired) electrons. The Morgan fingerprint density at radius 2 is 2.08 bits per heavy atom. The number of hydrogen-bond donors (Lipinski definition) is 2. The number of benzene rings is 1. The Kier molecular flexibility index (Phi) is 5.04. The normalized spacial score (nSPS) is 11.3. The number of likely N-dealkylation sites (N-methyl/N-ethyl adjacent to an activating group) is 1. The van der Waals surface area contributed by atoms with E-state index in [1.165, 1.54) is 0 Å². The number of ether oxygens (including phenoxy) is 1. The molecule has 0 bridgehead atoms. The summed E-state index contributed by atoms with van der Waals surface area (Å²) in [6.07, 6.45) is 1.20. The third-order valence-electron chi connectivity index (χ3n) is 4.31. The fourth-order valence-electron chi connectivity index (χ4n) is 2.93. The fourth-order valence-corrected chi connectivity index (χ4v) is 2.93.